The van der Waals surface area contributed by atoms with Crippen LogP contribution >= 0.6 is 0 Å². The third-order valence-electron chi connectivity index (χ3n) is 4.48. The second kappa shape index (κ2) is 7.47. The number of benzene rings is 2. The van der Waals surface area contributed by atoms with Crippen LogP contribution < -0.4 is 15.0 Å². The van der Waals surface area contributed by atoms with Crippen LogP contribution in [0, 0.1) is 0 Å². The van der Waals surface area contributed by atoms with Gasteiger partial charge in [0.1, 0.15) is 11.5 Å². The van der Waals surface area contributed by atoms with Crippen molar-refractivity contribution in [2.75, 3.05) is 18.6 Å². The molecule has 136 valence electrons. The predicted molar refractivity (Wildman–Crippen MR) is 98.5 cm³/mol. The minimum Gasteiger partial charge on any atom is -0.508 e. The number of methoxy groups -OCH3 is 1. The Morgan fingerprint density at radius 1 is 1.23 bits per heavy atom. The van der Waals surface area contributed by atoms with Crippen LogP contribution in [0.5, 0.6) is 11.5 Å². The van der Waals surface area contributed by atoms with E-state index >= 15 is 0 Å². The van der Waals surface area contributed by atoms with E-state index in [0.29, 0.717) is 19.4 Å². The molecule has 0 aliphatic carbocycles. The molecule has 26 heavy (non-hydrogen) atoms. The largest absolute Gasteiger partial charge is 0.508 e. The summed E-state index contributed by atoms with van der Waals surface area (Å²) in [7, 11) is 1.60. The summed E-state index contributed by atoms with van der Waals surface area (Å²) in [6.07, 6.45) is 1.28. The minimum absolute atomic E-state index is 0.199. The molecule has 0 saturated heterocycles. The molecule has 0 aromatic heterocycles. The molecule has 1 heterocycles. The molecule has 0 bridgehead atoms. The smallest absolute Gasteiger partial charge is 0.316 e. The number of aromatic hydroxyl groups is 1. The van der Waals surface area contributed by atoms with Gasteiger partial charge in [0.25, 0.3) is 0 Å². The lowest BCUT2D eigenvalue weighted by molar-refractivity contribution is -0.137. The Morgan fingerprint density at radius 2 is 1.96 bits per heavy atom. The second-order valence-corrected chi connectivity index (χ2v) is 6.45. The quantitative estimate of drug-likeness (QED) is 0.824. The van der Waals surface area contributed by atoms with Gasteiger partial charge in [-0.2, -0.15) is 0 Å². The summed E-state index contributed by atoms with van der Waals surface area (Å²) in [6, 6.07) is 12.1. The number of carbonyl (C=O) groups excluding carboxylic acids is 2. The molecule has 1 atom stereocenters. The summed E-state index contributed by atoms with van der Waals surface area (Å²) in [4.78, 5) is 26.4. The molecule has 6 heteroatoms. The summed E-state index contributed by atoms with van der Waals surface area (Å²) in [5.74, 6) is -0.221. The van der Waals surface area contributed by atoms with Crippen molar-refractivity contribution in [3.63, 3.8) is 0 Å². The Labute approximate surface area is 152 Å². The zero-order valence-corrected chi connectivity index (χ0v) is 14.9. The predicted octanol–water partition coefficient (Wildman–Crippen LogP) is 2.04. The van der Waals surface area contributed by atoms with E-state index < -0.39 is 11.8 Å². The summed E-state index contributed by atoms with van der Waals surface area (Å²) >= 11 is 0. The molecule has 2 amide bonds. The van der Waals surface area contributed by atoms with Crippen LogP contribution in [-0.2, 0) is 22.4 Å². The van der Waals surface area contributed by atoms with Crippen molar-refractivity contribution in [2.45, 2.75) is 25.8 Å². The normalized spacial score (nSPS) is 13.8. The lowest BCUT2D eigenvalue weighted by atomic mass is 10.1. The first-order valence-corrected chi connectivity index (χ1v) is 8.55. The van der Waals surface area contributed by atoms with Gasteiger partial charge in [0.05, 0.1) is 7.11 Å². The van der Waals surface area contributed by atoms with Crippen LogP contribution in [0.2, 0.25) is 0 Å². The van der Waals surface area contributed by atoms with Crippen molar-refractivity contribution in [3.05, 3.63) is 53.6 Å². The van der Waals surface area contributed by atoms with E-state index in [4.69, 9.17) is 4.74 Å². The van der Waals surface area contributed by atoms with Crippen LogP contribution in [0.3, 0.4) is 0 Å². The fourth-order valence-corrected chi connectivity index (χ4v) is 3.16. The average Bonchev–Trinajstić information content (AvgIpc) is 3.05. The lowest BCUT2D eigenvalue weighted by Gasteiger charge is -2.19. The van der Waals surface area contributed by atoms with Gasteiger partial charge in [0, 0.05) is 18.3 Å². The maximum absolute atomic E-state index is 12.5. The average molecular weight is 354 g/mol. The SMILES string of the molecule is COc1ccc2c(c1)CCN2C(=O)C(=O)N[C@@H](C)Cc1ccc(O)cc1. The van der Waals surface area contributed by atoms with Crippen LogP contribution in [0.15, 0.2) is 42.5 Å². The maximum Gasteiger partial charge on any atom is 0.316 e. The number of anilines is 1. The molecule has 3 rings (SSSR count). The molecule has 0 spiro atoms. The number of amides is 2. The number of fused-ring (bicyclic) bond motifs is 1. The van der Waals surface area contributed by atoms with Gasteiger partial charge in [-0.1, -0.05) is 12.1 Å². The van der Waals surface area contributed by atoms with Crippen LogP contribution in [0.4, 0.5) is 5.69 Å². The first-order chi connectivity index (χ1) is 12.5. The number of nitrogens with zero attached hydrogens (tertiary/aromatic N) is 1. The molecule has 0 unspecified atom stereocenters. The van der Waals surface area contributed by atoms with Gasteiger partial charge in [0.15, 0.2) is 0 Å². The van der Waals surface area contributed by atoms with E-state index in [-0.39, 0.29) is 11.8 Å². The zero-order chi connectivity index (χ0) is 18.7. The van der Waals surface area contributed by atoms with Gasteiger partial charge in [-0.3, -0.25) is 9.59 Å². The Hall–Kier alpha value is -3.02. The number of phenolic OH excluding ortho intramolecular Hbond substituents is 1. The van der Waals surface area contributed by atoms with Gasteiger partial charge in [0.2, 0.25) is 0 Å². The van der Waals surface area contributed by atoms with E-state index in [9.17, 15) is 14.7 Å². The number of hydrogen-bond donors (Lipinski definition) is 2. The van der Waals surface area contributed by atoms with Crippen molar-refractivity contribution < 1.29 is 19.4 Å². The standard InChI is InChI=1S/C20H22N2O4/c1-13(11-14-3-5-16(23)6-4-14)21-19(24)20(25)22-10-9-15-12-17(26-2)7-8-18(15)22/h3-8,12-13,23H,9-11H2,1-2H3,(H,21,24)/t13-/m0/s1. The highest BCUT2D eigenvalue weighted by atomic mass is 16.5. The minimum atomic E-state index is -0.611. The van der Waals surface area contributed by atoms with Crippen molar-refractivity contribution >= 4 is 17.5 Å². The van der Waals surface area contributed by atoms with Gasteiger partial charge in [-0.15, -0.1) is 0 Å². The molecule has 0 radical (unpaired) electrons. The summed E-state index contributed by atoms with van der Waals surface area (Å²) < 4.78 is 5.20. The number of ether oxygens (including phenoxy) is 1. The Bertz CT molecular complexity index is 817. The lowest BCUT2D eigenvalue weighted by Crippen LogP contribution is -2.46. The third-order valence-corrected chi connectivity index (χ3v) is 4.48. The van der Waals surface area contributed by atoms with E-state index in [1.165, 1.54) is 4.90 Å². The number of hydrogen-bond acceptors (Lipinski definition) is 4. The van der Waals surface area contributed by atoms with Crippen molar-refractivity contribution in [1.82, 2.24) is 5.32 Å². The zero-order valence-electron chi connectivity index (χ0n) is 14.9. The Kier molecular flexibility index (Phi) is 5.11. The van der Waals surface area contributed by atoms with Crippen molar-refractivity contribution in [1.29, 1.82) is 0 Å². The fourth-order valence-electron chi connectivity index (χ4n) is 3.16. The molecule has 1 aliphatic heterocycles. The molecule has 6 nitrogen and oxygen atoms in total. The fraction of sp³-hybridized carbons (Fsp3) is 0.300. The molecular formula is C20H22N2O4. The van der Waals surface area contributed by atoms with Gasteiger partial charge < -0.3 is 20.1 Å². The summed E-state index contributed by atoms with van der Waals surface area (Å²) in [5, 5.41) is 12.1. The van der Waals surface area contributed by atoms with Crippen molar-refractivity contribution in [2.24, 2.45) is 0 Å². The van der Waals surface area contributed by atoms with Gasteiger partial charge in [-0.25, -0.2) is 0 Å². The van der Waals surface area contributed by atoms with E-state index in [1.54, 1.807) is 37.4 Å². The summed E-state index contributed by atoms with van der Waals surface area (Å²) in [5.41, 5.74) is 2.74. The topological polar surface area (TPSA) is 78.9 Å². The highest BCUT2D eigenvalue weighted by Crippen LogP contribution is 2.31. The molecular weight excluding hydrogens is 332 g/mol. The van der Waals surface area contributed by atoms with Crippen LogP contribution in [-0.4, -0.2) is 36.6 Å². The monoisotopic (exact) mass is 354 g/mol. The number of rotatable bonds is 4. The number of carbonyl (C=O) groups is 2. The maximum atomic E-state index is 12.5. The highest BCUT2D eigenvalue weighted by Gasteiger charge is 2.30. The first-order valence-electron chi connectivity index (χ1n) is 8.55. The molecule has 0 fully saturated rings. The third kappa shape index (κ3) is 3.79. The van der Waals surface area contributed by atoms with E-state index in [2.05, 4.69) is 5.32 Å². The Balaban J connectivity index is 1.62. The van der Waals surface area contributed by atoms with Gasteiger partial charge in [-0.05, 0) is 61.2 Å². The second-order valence-electron chi connectivity index (χ2n) is 6.45. The molecule has 1 aliphatic rings. The summed E-state index contributed by atoms with van der Waals surface area (Å²) in [6.45, 7) is 2.34. The number of nitrogens with one attached hydrogen (secondary N) is 1. The van der Waals surface area contributed by atoms with Crippen LogP contribution in [0.25, 0.3) is 0 Å². The van der Waals surface area contributed by atoms with Crippen LogP contribution in [0.1, 0.15) is 18.1 Å². The van der Waals surface area contributed by atoms with Crippen molar-refractivity contribution in [3.8, 4) is 11.5 Å². The number of phenols is 1. The molecule has 2 N–H and O–H groups in total. The van der Waals surface area contributed by atoms with E-state index in [0.717, 1.165) is 22.6 Å². The molecule has 0 saturated carbocycles. The van der Waals surface area contributed by atoms with E-state index in [1.807, 2.05) is 19.1 Å². The highest BCUT2D eigenvalue weighted by molar-refractivity contribution is 6.40. The first kappa shape index (κ1) is 17.8. The molecule has 2 aromatic carbocycles. The Morgan fingerprint density at radius 3 is 2.65 bits per heavy atom. The molecule has 2 aromatic rings. The van der Waals surface area contributed by atoms with Gasteiger partial charge >= 0.3 is 11.8 Å².